The van der Waals surface area contributed by atoms with Crippen LogP contribution in [0.1, 0.15) is 17.5 Å². The number of amides is 1. The molecule has 4 nitrogen and oxygen atoms in total. The van der Waals surface area contributed by atoms with Gasteiger partial charge in [0.25, 0.3) is 5.91 Å². The zero-order valence-electron chi connectivity index (χ0n) is 15.2. The number of rotatable bonds is 5. The summed E-state index contributed by atoms with van der Waals surface area (Å²) in [6, 6.07) is 15.7. The SMILES string of the molecule is Cc1ccc(OCC(=O)N2CCCN(Cc3ccc(Cl)cc3)CC2)cc1. The molecule has 1 fully saturated rings. The Hall–Kier alpha value is -2.04. The average Bonchev–Trinajstić information content (AvgIpc) is 2.88. The number of carbonyl (C=O) groups excluding carboxylic acids is 1. The van der Waals surface area contributed by atoms with E-state index < -0.39 is 0 Å². The smallest absolute Gasteiger partial charge is 0.260 e. The second-order valence-electron chi connectivity index (χ2n) is 6.74. The third kappa shape index (κ3) is 5.48. The van der Waals surface area contributed by atoms with Gasteiger partial charge in [-0.1, -0.05) is 41.4 Å². The van der Waals surface area contributed by atoms with Crippen LogP contribution in [0.4, 0.5) is 0 Å². The van der Waals surface area contributed by atoms with Crippen LogP contribution in [0.15, 0.2) is 48.5 Å². The Bertz CT molecular complexity index is 716. The predicted molar refractivity (Wildman–Crippen MR) is 105 cm³/mol. The highest BCUT2D eigenvalue weighted by Crippen LogP contribution is 2.14. The number of halogens is 1. The molecule has 1 heterocycles. The quantitative estimate of drug-likeness (QED) is 0.801. The Morgan fingerprint density at radius 1 is 1.00 bits per heavy atom. The standard InChI is InChI=1S/C21H25ClN2O2/c1-17-3-9-20(10-4-17)26-16-21(25)24-12-2-11-23(13-14-24)15-18-5-7-19(22)8-6-18/h3-10H,2,11-16H2,1H3. The molecule has 1 amide bonds. The van der Waals surface area contributed by atoms with Gasteiger partial charge < -0.3 is 9.64 Å². The third-order valence-corrected chi connectivity index (χ3v) is 4.90. The van der Waals surface area contributed by atoms with Gasteiger partial charge in [0, 0.05) is 37.7 Å². The van der Waals surface area contributed by atoms with Crippen molar-refractivity contribution >= 4 is 17.5 Å². The maximum Gasteiger partial charge on any atom is 0.260 e. The lowest BCUT2D eigenvalue weighted by atomic mass is 10.2. The Morgan fingerprint density at radius 3 is 2.46 bits per heavy atom. The van der Waals surface area contributed by atoms with Gasteiger partial charge in [0.2, 0.25) is 0 Å². The summed E-state index contributed by atoms with van der Waals surface area (Å²) in [4.78, 5) is 16.8. The van der Waals surface area contributed by atoms with E-state index >= 15 is 0 Å². The maximum absolute atomic E-state index is 12.5. The summed E-state index contributed by atoms with van der Waals surface area (Å²) in [6.45, 7) is 6.41. The van der Waals surface area contributed by atoms with Crippen molar-refractivity contribution in [3.8, 4) is 5.75 Å². The summed E-state index contributed by atoms with van der Waals surface area (Å²) < 4.78 is 5.63. The molecule has 1 saturated heterocycles. The van der Waals surface area contributed by atoms with Crippen LogP contribution < -0.4 is 4.74 Å². The molecule has 0 saturated carbocycles. The highest BCUT2D eigenvalue weighted by molar-refractivity contribution is 6.30. The van der Waals surface area contributed by atoms with Crippen molar-refractivity contribution in [2.75, 3.05) is 32.8 Å². The van der Waals surface area contributed by atoms with Gasteiger partial charge in [0.15, 0.2) is 6.61 Å². The van der Waals surface area contributed by atoms with E-state index in [9.17, 15) is 4.79 Å². The molecule has 0 atom stereocenters. The van der Waals surface area contributed by atoms with E-state index in [4.69, 9.17) is 16.3 Å². The zero-order chi connectivity index (χ0) is 18.4. The molecule has 0 spiro atoms. The largest absolute Gasteiger partial charge is 0.484 e. The van der Waals surface area contributed by atoms with Crippen LogP contribution >= 0.6 is 11.6 Å². The van der Waals surface area contributed by atoms with Crippen LogP contribution in [0.25, 0.3) is 0 Å². The van der Waals surface area contributed by atoms with Crippen LogP contribution in [-0.4, -0.2) is 48.5 Å². The number of ether oxygens (including phenoxy) is 1. The molecule has 0 bridgehead atoms. The van der Waals surface area contributed by atoms with E-state index in [2.05, 4.69) is 17.0 Å². The highest BCUT2D eigenvalue weighted by atomic mass is 35.5. The third-order valence-electron chi connectivity index (χ3n) is 4.64. The summed E-state index contributed by atoms with van der Waals surface area (Å²) in [5.74, 6) is 0.794. The van der Waals surface area contributed by atoms with Crippen LogP contribution in [0.5, 0.6) is 5.75 Å². The zero-order valence-corrected chi connectivity index (χ0v) is 15.9. The molecule has 1 aliphatic heterocycles. The average molecular weight is 373 g/mol. The van der Waals surface area contributed by atoms with Gasteiger partial charge in [-0.05, 0) is 43.2 Å². The second kappa shape index (κ2) is 9.06. The van der Waals surface area contributed by atoms with Crippen molar-refractivity contribution < 1.29 is 9.53 Å². The van der Waals surface area contributed by atoms with Gasteiger partial charge in [0.05, 0.1) is 0 Å². The molecule has 26 heavy (non-hydrogen) atoms. The van der Waals surface area contributed by atoms with Crippen LogP contribution in [0, 0.1) is 6.92 Å². The summed E-state index contributed by atoms with van der Waals surface area (Å²) in [5.41, 5.74) is 2.42. The van der Waals surface area contributed by atoms with Gasteiger partial charge in [0.1, 0.15) is 5.75 Å². The first-order valence-electron chi connectivity index (χ1n) is 9.04. The minimum atomic E-state index is 0.0546. The highest BCUT2D eigenvalue weighted by Gasteiger charge is 2.19. The molecule has 1 aliphatic rings. The Balaban J connectivity index is 1.47. The summed E-state index contributed by atoms with van der Waals surface area (Å²) >= 11 is 5.95. The number of carbonyl (C=O) groups is 1. The molecule has 2 aromatic rings. The first kappa shape index (κ1) is 18.7. The molecular formula is C21H25ClN2O2. The lowest BCUT2D eigenvalue weighted by molar-refractivity contribution is -0.133. The summed E-state index contributed by atoms with van der Waals surface area (Å²) in [6.07, 6.45) is 0.976. The van der Waals surface area contributed by atoms with Gasteiger partial charge >= 0.3 is 0 Å². The van der Waals surface area contributed by atoms with Gasteiger partial charge in [-0.2, -0.15) is 0 Å². The Morgan fingerprint density at radius 2 is 1.73 bits per heavy atom. The van der Waals surface area contributed by atoms with E-state index in [1.54, 1.807) is 0 Å². The fourth-order valence-electron chi connectivity index (χ4n) is 3.10. The molecule has 0 aromatic heterocycles. The minimum Gasteiger partial charge on any atom is -0.484 e. The molecule has 0 N–H and O–H groups in total. The van der Waals surface area contributed by atoms with Crippen molar-refractivity contribution in [1.29, 1.82) is 0 Å². The van der Waals surface area contributed by atoms with Gasteiger partial charge in [-0.3, -0.25) is 9.69 Å². The number of hydrogen-bond donors (Lipinski definition) is 0. The molecule has 5 heteroatoms. The molecule has 2 aromatic carbocycles. The lowest BCUT2D eigenvalue weighted by Crippen LogP contribution is -2.38. The fourth-order valence-corrected chi connectivity index (χ4v) is 3.22. The predicted octanol–water partition coefficient (Wildman–Crippen LogP) is 3.76. The van der Waals surface area contributed by atoms with E-state index in [0.29, 0.717) is 0 Å². The molecule has 0 aliphatic carbocycles. The number of aryl methyl sites for hydroxylation is 1. The van der Waals surface area contributed by atoms with E-state index in [-0.39, 0.29) is 12.5 Å². The number of hydrogen-bond acceptors (Lipinski definition) is 3. The monoisotopic (exact) mass is 372 g/mol. The second-order valence-corrected chi connectivity index (χ2v) is 7.18. The van der Waals surface area contributed by atoms with Gasteiger partial charge in [-0.15, -0.1) is 0 Å². The topological polar surface area (TPSA) is 32.8 Å². The minimum absolute atomic E-state index is 0.0546. The normalized spacial score (nSPS) is 15.5. The first-order valence-corrected chi connectivity index (χ1v) is 9.42. The van der Waals surface area contributed by atoms with Gasteiger partial charge in [-0.25, -0.2) is 0 Å². The van der Waals surface area contributed by atoms with Crippen molar-refractivity contribution in [2.24, 2.45) is 0 Å². The van der Waals surface area contributed by atoms with Crippen molar-refractivity contribution in [2.45, 2.75) is 19.9 Å². The molecule has 3 rings (SSSR count). The van der Waals surface area contributed by atoms with E-state index in [0.717, 1.165) is 49.9 Å². The molecule has 0 radical (unpaired) electrons. The summed E-state index contributed by atoms with van der Waals surface area (Å²) in [5, 5.41) is 0.759. The fraction of sp³-hybridized carbons (Fsp3) is 0.381. The Kier molecular flexibility index (Phi) is 6.53. The maximum atomic E-state index is 12.5. The van der Waals surface area contributed by atoms with Crippen molar-refractivity contribution in [1.82, 2.24) is 9.80 Å². The summed E-state index contributed by atoms with van der Waals surface area (Å²) in [7, 11) is 0. The van der Waals surface area contributed by atoms with Crippen LogP contribution in [-0.2, 0) is 11.3 Å². The molecule has 0 unspecified atom stereocenters. The first-order chi connectivity index (χ1) is 12.6. The van der Waals surface area contributed by atoms with Crippen LogP contribution in [0.2, 0.25) is 5.02 Å². The molecule has 138 valence electrons. The van der Waals surface area contributed by atoms with E-state index in [1.165, 1.54) is 11.1 Å². The van der Waals surface area contributed by atoms with Crippen molar-refractivity contribution in [3.05, 3.63) is 64.7 Å². The molecular weight excluding hydrogens is 348 g/mol. The Labute approximate surface area is 160 Å². The van der Waals surface area contributed by atoms with E-state index in [1.807, 2.05) is 48.2 Å². The van der Waals surface area contributed by atoms with Crippen LogP contribution in [0.3, 0.4) is 0 Å². The lowest BCUT2D eigenvalue weighted by Gasteiger charge is -2.22. The number of nitrogens with zero attached hydrogens (tertiary/aromatic N) is 2. The van der Waals surface area contributed by atoms with Crippen molar-refractivity contribution in [3.63, 3.8) is 0 Å². The number of benzene rings is 2.